The fourth-order valence-corrected chi connectivity index (χ4v) is 7.63. The molecular weight excluding hydrogens is 670 g/mol. The molecule has 0 radical (unpaired) electrons. The molecule has 9 aromatic carbocycles. The van der Waals surface area contributed by atoms with Gasteiger partial charge in [0.1, 0.15) is 11.5 Å². The van der Waals surface area contributed by atoms with E-state index in [-0.39, 0.29) is 23.0 Å². The molecule has 0 aromatic heterocycles. The smallest absolute Gasteiger partial charge is 0.530 e. The van der Waals surface area contributed by atoms with Gasteiger partial charge < -0.3 is 29.6 Å². The summed E-state index contributed by atoms with van der Waals surface area (Å²) < 4.78 is 12.0. The van der Waals surface area contributed by atoms with Gasteiger partial charge in [0.05, 0.1) is 0 Å². The second-order valence-corrected chi connectivity index (χ2v) is 13.3. The van der Waals surface area contributed by atoms with Gasteiger partial charge in [-0.05, 0) is 95.1 Å². The quantitative estimate of drug-likeness (QED) is 0.0936. The molecule has 0 amide bonds. The minimum atomic E-state index is -1.44. The molecule has 0 heterocycles. The second kappa shape index (κ2) is 13.7. The highest BCUT2D eigenvalue weighted by atomic mass is 16.5. The van der Waals surface area contributed by atoms with Crippen molar-refractivity contribution in [3.8, 4) is 45.3 Å². The highest BCUT2D eigenvalue weighted by molar-refractivity contribution is 6.65. The minimum absolute atomic E-state index is 0.0739. The molecule has 0 aliphatic rings. The van der Waals surface area contributed by atoms with E-state index in [1.807, 2.05) is 66.7 Å². The molecule has 54 heavy (non-hydrogen) atoms. The number of fused-ring (bicyclic) bond motifs is 4. The Labute approximate surface area is 312 Å². The summed E-state index contributed by atoms with van der Waals surface area (Å²) in [5.41, 5.74) is 4.71. The topological polar surface area (TPSA) is 99.4 Å². The Morgan fingerprint density at radius 2 is 0.889 bits per heavy atom. The number of phenols is 2. The SMILES string of the molecule is OB(Oc1ccccc1O)c1ccc2c(-c3cccc4ccccc34)c3c(B(O)Oc4ccccc4O)cccc3c(-c3cccc4ccccc34)c2c1. The van der Waals surface area contributed by atoms with E-state index in [9.17, 15) is 20.3 Å². The zero-order chi connectivity index (χ0) is 36.8. The van der Waals surface area contributed by atoms with Crippen molar-refractivity contribution < 1.29 is 29.6 Å². The Morgan fingerprint density at radius 3 is 1.52 bits per heavy atom. The standard InChI is InChI=1S/C46H32B2O6/c49-40-22-5-7-24-42(40)53-47(51)31-26-27-36-38(28-31)44(34-18-9-14-29-12-1-3-16-32(29)34)37-20-11-21-39(48(52)54-43-25-8-6-23-41(43)50)46(37)45(36)35-19-10-15-30-13-2-4-17-33(30)35/h1-28,49-52H. The first kappa shape index (κ1) is 33.1. The van der Waals surface area contributed by atoms with E-state index in [4.69, 9.17) is 9.31 Å². The number of benzene rings is 9. The van der Waals surface area contributed by atoms with Gasteiger partial charge in [0.15, 0.2) is 11.5 Å². The summed E-state index contributed by atoms with van der Waals surface area (Å²) in [6.45, 7) is 0. The fraction of sp³-hybridized carbons (Fsp3) is 0. The third-order valence-corrected chi connectivity index (χ3v) is 10.1. The Morgan fingerprint density at radius 1 is 0.389 bits per heavy atom. The molecular formula is C46H32B2O6. The lowest BCUT2D eigenvalue weighted by Crippen LogP contribution is -2.37. The van der Waals surface area contributed by atoms with Crippen molar-refractivity contribution in [2.75, 3.05) is 0 Å². The molecule has 0 aliphatic carbocycles. The van der Waals surface area contributed by atoms with Crippen molar-refractivity contribution in [3.63, 3.8) is 0 Å². The summed E-state index contributed by atoms with van der Waals surface area (Å²) in [5, 5.41) is 52.1. The van der Waals surface area contributed by atoms with Gasteiger partial charge in [-0.3, -0.25) is 0 Å². The van der Waals surface area contributed by atoms with Gasteiger partial charge in [0, 0.05) is 5.46 Å². The number of rotatable bonds is 8. The molecule has 0 atom stereocenters. The van der Waals surface area contributed by atoms with Gasteiger partial charge in [-0.1, -0.05) is 146 Å². The van der Waals surface area contributed by atoms with Crippen LogP contribution in [0.5, 0.6) is 23.0 Å². The van der Waals surface area contributed by atoms with Crippen molar-refractivity contribution in [3.05, 3.63) is 170 Å². The molecule has 0 aliphatic heterocycles. The van der Waals surface area contributed by atoms with Crippen LogP contribution < -0.4 is 20.2 Å². The zero-order valence-electron chi connectivity index (χ0n) is 28.9. The van der Waals surface area contributed by atoms with Crippen molar-refractivity contribution in [2.24, 2.45) is 0 Å². The normalized spacial score (nSPS) is 11.3. The van der Waals surface area contributed by atoms with Crippen LogP contribution in [-0.2, 0) is 0 Å². The van der Waals surface area contributed by atoms with E-state index in [0.29, 0.717) is 10.9 Å². The highest BCUT2D eigenvalue weighted by Gasteiger charge is 2.29. The van der Waals surface area contributed by atoms with Gasteiger partial charge in [0.2, 0.25) is 0 Å². The summed E-state index contributed by atoms with van der Waals surface area (Å²) in [4.78, 5) is 0. The summed E-state index contributed by atoms with van der Waals surface area (Å²) in [5.74, 6) is 0.171. The van der Waals surface area contributed by atoms with Crippen molar-refractivity contribution in [1.82, 2.24) is 0 Å². The van der Waals surface area contributed by atoms with Crippen LogP contribution in [0, 0.1) is 0 Å². The van der Waals surface area contributed by atoms with E-state index in [1.54, 1.807) is 36.4 Å². The predicted molar refractivity (Wildman–Crippen MR) is 220 cm³/mol. The molecule has 8 heteroatoms. The van der Waals surface area contributed by atoms with Gasteiger partial charge >= 0.3 is 14.2 Å². The zero-order valence-corrected chi connectivity index (χ0v) is 28.9. The van der Waals surface area contributed by atoms with Gasteiger partial charge in [0.25, 0.3) is 0 Å². The summed E-state index contributed by atoms with van der Waals surface area (Å²) in [7, 11) is -2.83. The number of aromatic hydroxyl groups is 2. The Hall–Kier alpha value is -6.73. The van der Waals surface area contributed by atoms with Crippen molar-refractivity contribution in [2.45, 2.75) is 0 Å². The molecule has 0 saturated heterocycles. The first-order valence-corrected chi connectivity index (χ1v) is 17.7. The molecule has 0 unspecified atom stereocenters. The third-order valence-electron chi connectivity index (χ3n) is 10.1. The number of para-hydroxylation sites is 4. The van der Waals surface area contributed by atoms with Gasteiger partial charge in [-0.15, -0.1) is 0 Å². The maximum atomic E-state index is 12.0. The van der Waals surface area contributed by atoms with Crippen LogP contribution in [-0.4, -0.2) is 34.5 Å². The lowest BCUT2D eigenvalue weighted by Gasteiger charge is -2.23. The van der Waals surface area contributed by atoms with Crippen LogP contribution in [0.1, 0.15) is 0 Å². The lowest BCUT2D eigenvalue weighted by atomic mass is 9.71. The molecule has 9 aromatic rings. The minimum Gasteiger partial charge on any atom is -0.530 e. The van der Waals surface area contributed by atoms with Gasteiger partial charge in [-0.2, -0.15) is 0 Å². The molecule has 4 N–H and O–H groups in total. The van der Waals surface area contributed by atoms with E-state index in [2.05, 4.69) is 54.6 Å². The van der Waals surface area contributed by atoms with Crippen molar-refractivity contribution in [1.29, 1.82) is 0 Å². The van der Waals surface area contributed by atoms with E-state index >= 15 is 0 Å². The fourth-order valence-electron chi connectivity index (χ4n) is 7.63. The number of phenolic OH excluding ortho intramolecular Hbond substituents is 2. The number of hydrogen-bond acceptors (Lipinski definition) is 6. The highest BCUT2D eigenvalue weighted by Crippen LogP contribution is 2.46. The molecule has 6 nitrogen and oxygen atoms in total. The van der Waals surface area contributed by atoms with E-state index in [0.717, 1.165) is 65.3 Å². The predicted octanol–water partition coefficient (Wildman–Crippen LogP) is 8.58. The second-order valence-electron chi connectivity index (χ2n) is 13.3. The first-order valence-electron chi connectivity index (χ1n) is 17.7. The molecule has 0 fully saturated rings. The summed E-state index contributed by atoms with van der Waals surface area (Å²) in [6.07, 6.45) is 0. The van der Waals surface area contributed by atoms with Crippen LogP contribution in [0.15, 0.2) is 170 Å². The molecule has 0 spiro atoms. The molecule has 0 bridgehead atoms. The summed E-state index contributed by atoms with van der Waals surface area (Å²) >= 11 is 0. The van der Waals surface area contributed by atoms with Crippen LogP contribution in [0.25, 0.3) is 65.3 Å². The lowest BCUT2D eigenvalue weighted by molar-refractivity contribution is 0.398. The largest absolute Gasteiger partial charge is 0.560 e. The number of hydrogen-bond donors (Lipinski definition) is 4. The maximum Gasteiger partial charge on any atom is 0.560 e. The summed E-state index contributed by atoms with van der Waals surface area (Å²) in [6, 6.07) is 53.6. The van der Waals surface area contributed by atoms with E-state index in [1.165, 1.54) is 12.1 Å². The molecule has 9 rings (SSSR count). The monoisotopic (exact) mass is 702 g/mol. The molecule has 0 saturated carbocycles. The average Bonchev–Trinajstić information content (AvgIpc) is 3.21. The van der Waals surface area contributed by atoms with Crippen LogP contribution in [0.4, 0.5) is 0 Å². The Kier molecular flexibility index (Phi) is 8.39. The van der Waals surface area contributed by atoms with Crippen LogP contribution >= 0.6 is 0 Å². The maximum absolute atomic E-state index is 12.0. The third kappa shape index (κ3) is 5.75. The Balaban J connectivity index is 1.40. The van der Waals surface area contributed by atoms with Crippen molar-refractivity contribution >= 4 is 68.3 Å². The van der Waals surface area contributed by atoms with E-state index < -0.39 is 14.2 Å². The molecule has 258 valence electrons. The first-order chi connectivity index (χ1) is 26.5. The Bertz CT molecular complexity index is 2860. The van der Waals surface area contributed by atoms with Crippen LogP contribution in [0.2, 0.25) is 0 Å². The average molecular weight is 702 g/mol. The van der Waals surface area contributed by atoms with Crippen LogP contribution in [0.3, 0.4) is 0 Å². The van der Waals surface area contributed by atoms with Gasteiger partial charge in [-0.25, -0.2) is 0 Å².